The van der Waals surface area contributed by atoms with E-state index in [4.69, 9.17) is 5.73 Å². The van der Waals surface area contributed by atoms with Crippen LogP contribution in [0.15, 0.2) is 36.5 Å². The average molecular weight is 186 g/mol. The number of benzene rings is 1. The van der Waals surface area contributed by atoms with Gasteiger partial charge in [-0.15, -0.1) is 0 Å². The molecule has 2 heteroatoms. The van der Waals surface area contributed by atoms with E-state index in [0.717, 1.165) is 11.9 Å². The van der Waals surface area contributed by atoms with E-state index >= 15 is 0 Å². The van der Waals surface area contributed by atoms with Gasteiger partial charge in [-0.25, -0.2) is 0 Å². The minimum atomic E-state index is 0.183. The molecule has 1 aromatic carbocycles. The summed E-state index contributed by atoms with van der Waals surface area (Å²) in [7, 11) is 0. The predicted octanol–water partition coefficient (Wildman–Crippen LogP) is 2.12. The monoisotopic (exact) mass is 186 g/mol. The SMILES string of the molecule is CC(N)Cc1cccc2cccnc12. The fourth-order valence-corrected chi connectivity index (χ4v) is 1.68. The zero-order chi connectivity index (χ0) is 9.97. The van der Waals surface area contributed by atoms with Crippen LogP contribution in [0.1, 0.15) is 12.5 Å². The lowest BCUT2D eigenvalue weighted by molar-refractivity contribution is 0.740. The fourth-order valence-electron chi connectivity index (χ4n) is 1.68. The summed E-state index contributed by atoms with van der Waals surface area (Å²) < 4.78 is 0. The third-order valence-corrected chi connectivity index (χ3v) is 2.26. The van der Waals surface area contributed by atoms with Gasteiger partial charge in [-0.2, -0.15) is 0 Å². The van der Waals surface area contributed by atoms with Crippen LogP contribution >= 0.6 is 0 Å². The van der Waals surface area contributed by atoms with E-state index in [2.05, 4.69) is 29.2 Å². The second-order valence-corrected chi connectivity index (χ2v) is 3.67. The van der Waals surface area contributed by atoms with Crippen LogP contribution in [0.2, 0.25) is 0 Å². The Kier molecular flexibility index (Phi) is 2.46. The van der Waals surface area contributed by atoms with Gasteiger partial charge in [0, 0.05) is 17.6 Å². The summed E-state index contributed by atoms with van der Waals surface area (Å²) >= 11 is 0. The van der Waals surface area contributed by atoms with Crippen molar-refractivity contribution >= 4 is 10.9 Å². The molecular weight excluding hydrogens is 172 g/mol. The van der Waals surface area contributed by atoms with Crippen LogP contribution in [0.25, 0.3) is 10.9 Å². The first-order valence-corrected chi connectivity index (χ1v) is 4.85. The molecule has 2 nitrogen and oxygen atoms in total. The minimum absolute atomic E-state index is 0.183. The Balaban J connectivity index is 2.53. The molecule has 1 aromatic heterocycles. The molecule has 2 N–H and O–H groups in total. The molecule has 2 aromatic rings. The highest BCUT2D eigenvalue weighted by molar-refractivity contribution is 5.81. The number of hydrogen-bond donors (Lipinski definition) is 1. The van der Waals surface area contributed by atoms with Crippen molar-refractivity contribution in [2.45, 2.75) is 19.4 Å². The van der Waals surface area contributed by atoms with Gasteiger partial charge in [0.25, 0.3) is 0 Å². The van der Waals surface area contributed by atoms with E-state index in [1.807, 2.05) is 19.2 Å². The molecule has 0 saturated heterocycles. The van der Waals surface area contributed by atoms with E-state index < -0.39 is 0 Å². The Hall–Kier alpha value is -1.41. The predicted molar refractivity (Wildman–Crippen MR) is 59.1 cm³/mol. The topological polar surface area (TPSA) is 38.9 Å². The number of para-hydroxylation sites is 1. The fraction of sp³-hybridized carbons (Fsp3) is 0.250. The van der Waals surface area contributed by atoms with Crippen LogP contribution in [0.4, 0.5) is 0 Å². The van der Waals surface area contributed by atoms with Crippen LogP contribution in [0, 0.1) is 0 Å². The van der Waals surface area contributed by atoms with Gasteiger partial charge < -0.3 is 5.73 Å². The molecule has 1 unspecified atom stereocenters. The number of rotatable bonds is 2. The number of hydrogen-bond acceptors (Lipinski definition) is 2. The van der Waals surface area contributed by atoms with Crippen molar-refractivity contribution in [1.29, 1.82) is 0 Å². The Morgan fingerprint density at radius 3 is 2.86 bits per heavy atom. The van der Waals surface area contributed by atoms with Crippen LogP contribution in [-0.2, 0) is 6.42 Å². The molecule has 0 amide bonds. The molecule has 1 atom stereocenters. The Morgan fingerprint density at radius 2 is 2.07 bits per heavy atom. The Bertz CT molecular complexity index is 430. The standard InChI is InChI=1S/C12H14N2/c1-9(13)8-11-5-2-4-10-6-3-7-14-12(10)11/h2-7,9H,8,13H2,1H3. The van der Waals surface area contributed by atoms with Crippen LogP contribution < -0.4 is 5.73 Å². The highest BCUT2D eigenvalue weighted by Crippen LogP contribution is 2.16. The maximum absolute atomic E-state index is 5.79. The minimum Gasteiger partial charge on any atom is -0.328 e. The molecule has 0 aliphatic carbocycles. The summed E-state index contributed by atoms with van der Waals surface area (Å²) in [5.74, 6) is 0. The van der Waals surface area contributed by atoms with Gasteiger partial charge in [0.05, 0.1) is 5.52 Å². The highest BCUT2D eigenvalue weighted by Gasteiger charge is 2.03. The number of nitrogens with two attached hydrogens (primary N) is 1. The molecule has 0 fully saturated rings. The first-order valence-electron chi connectivity index (χ1n) is 4.85. The van der Waals surface area contributed by atoms with Gasteiger partial charge in [0.1, 0.15) is 0 Å². The zero-order valence-electron chi connectivity index (χ0n) is 8.27. The van der Waals surface area contributed by atoms with Gasteiger partial charge in [0.15, 0.2) is 0 Å². The second kappa shape index (κ2) is 3.76. The number of aromatic nitrogens is 1. The molecule has 0 saturated carbocycles. The molecule has 0 bridgehead atoms. The van der Waals surface area contributed by atoms with Crippen molar-refractivity contribution in [2.24, 2.45) is 5.73 Å². The molecule has 0 aliphatic rings. The second-order valence-electron chi connectivity index (χ2n) is 3.67. The van der Waals surface area contributed by atoms with E-state index in [9.17, 15) is 0 Å². The van der Waals surface area contributed by atoms with Gasteiger partial charge in [0.2, 0.25) is 0 Å². The first kappa shape index (κ1) is 9.16. The normalized spacial score (nSPS) is 13.0. The van der Waals surface area contributed by atoms with Crippen LogP contribution in [-0.4, -0.2) is 11.0 Å². The number of fused-ring (bicyclic) bond motifs is 1. The van der Waals surface area contributed by atoms with E-state index in [-0.39, 0.29) is 6.04 Å². The summed E-state index contributed by atoms with van der Waals surface area (Å²) in [4.78, 5) is 4.38. The Morgan fingerprint density at radius 1 is 1.29 bits per heavy atom. The lowest BCUT2D eigenvalue weighted by Crippen LogP contribution is -2.18. The van der Waals surface area contributed by atoms with Crippen LogP contribution in [0.5, 0.6) is 0 Å². The maximum Gasteiger partial charge on any atom is 0.0734 e. The van der Waals surface area contributed by atoms with E-state index in [1.165, 1.54) is 10.9 Å². The zero-order valence-corrected chi connectivity index (χ0v) is 8.27. The molecule has 1 heterocycles. The Labute approximate surface area is 83.8 Å². The van der Waals surface area contributed by atoms with Crippen molar-refractivity contribution in [3.05, 3.63) is 42.1 Å². The van der Waals surface area contributed by atoms with Crippen molar-refractivity contribution in [1.82, 2.24) is 4.98 Å². The van der Waals surface area contributed by atoms with Crippen molar-refractivity contribution in [2.75, 3.05) is 0 Å². The largest absolute Gasteiger partial charge is 0.328 e. The molecule has 0 aliphatic heterocycles. The lowest BCUT2D eigenvalue weighted by atomic mass is 10.0. The summed E-state index contributed by atoms with van der Waals surface area (Å²) in [6, 6.07) is 10.4. The quantitative estimate of drug-likeness (QED) is 0.780. The number of pyridine rings is 1. The van der Waals surface area contributed by atoms with Crippen molar-refractivity contribution < 1.29 is 0 Å². The molecule has 72 valence electrons. The summed E-state index contributed by atoms with van der Waals surface area (Å²) in [5.41, 5.74) is 8.10. The van der Waals surface area contributed by atoms with Gasteiger partial charge in [-0.1, -0.05) is 24.3 Å². The summed E-state index contributed by atoms with van der Waals surface area (Å²) in [5, 5.41) is 1.19. The average Bonchev–Trinajstić information content (AvgIpc) is 2.18. The van der Waals surface area contributed by atoms with Gasteiger partial charge in [-0.3, -0.25) is 4.98 Å². The number of nitrogens with zero attached hydrogens (tertiary/aromatic N) is 1. The lowest BCUT2D eigenvalue weighted by Gasteiger charge is -2.07. The van der Waals surface area contributed by atoms with Gasteiger partial charge in [-0.05, 0) is 25.0 Å². The third kappa shape index (κ3) is 1.75. The molecule has 0 spiro atoms. The van der Waals surface area contributed by atoms with Crippen molar-refractivity contribution in [3.63, 3.8) is 0 Å². The third-order valence-electron chi connectivity index (χ3n) is 2.26. The molecule has 0 radical (unpaired) electrons. The summed E-state index contributed by atoms with van der Waals surface area (Å²) in [6.07, 6.45) is 2.71. The van der Waals surface area contributed by atoms with Gasteiger partial charge >= 0.3 is 0 Å². The molecular formula is C12H14N2. The first-order chi connectivity index (χ1) is 6.77. The van der Waals surface area contributed by atoms with Crippen LogP contribution in [0.3, 0.4) is 0 Å². The smallest absolute Gasteiger partial charge is 0.0734 e. The molecule has 14 heavy (non-hydrogen) atoms. The highest BCUT2D eigenvalue weighted by atomic mass is 14.7. The van der Waals surface area contributed by atoms with E-state index in [1.54, 1.807) is 0 Å². The van der Waals surface area contributed by atoms with E-state index in [0.29, 0.717) is 0 Å². The molecule has 2 rings (SSSR count). The summed E-state index contributed by atoms with van der Waals surface area (Å²) in [6.45, 7) is 2.02. The maximum atomic E-state index is 5.79. The van der Waals surface area contributed by atoms with Crippen molar-refractivity contribution in [3.8, 4) is 0 Å².